The van der Waals surface area contributed by atoms with Gasteiger partial charge in [0.05, 0.1) is 0 Å². The van der Waals surface area contributed by atoms with Gasteiger partial charge in [-0.25, -0.2) is 0 Å². The molecule has 2 unspecified atom stereocenters. The van der Waals surface area contributed by atoms with Crippen molar-refractivity contribution >= 4 is 10.8 Å². The van der Waals surface area contributed by atoms with Gasteiger partial charge in [0.25, 0.3) is 0 Å². The third-order valence-corrected chi connectivity index (χ3v) is 4.28. The highest BCUT2D eigenvalue weighted by molar-refractivity contribution is 7.84. The van der Waals surface area contributed by atoms with Gasteiger partial charge in [-0.3, -0.25) is 4.21 Å². The zero-order valence-corrected chi connectivity index (χ0v) is 11.5. The summed E-state index contributed by atoms with van der Waals surface area (Å²) >= 11 is 0. The maximum atomic E-state index is 12.2. The highest BCUT2D eigenvalue weighted by atomic mass is 32.2. The molecule has 2 rings (SSSR count). The van der Waals surface area contributed by atoms with Crippen LogP contribution in [-0.2, 0) is 16.6 Å². The summed E-state index contributed by atoms with van der Waals surface area (Å²) in [5.74, 6) is 1.52. The fourth-order valence-corrected chi connectivity index (χ4v) is 2.76. The highest BCUT2D eigenvalue weighted by Crippen LogP contribution is 2.20. The van der Waals surface area contributed by atoms with Crippen molar-refractivity contribution < 1.29 is 8.73 Å². The molecule has 5 heteroatoms. The molecule has 0 aliphatic carbocycles. The van der Waals surface area contributed by atoms with Gasteiger partial charge >= 0.3 is 0 Å². The van der Waals surface area contributed by atoms with Crippen molar-refractivity contribution in [1.82, 2.24) is 10.1 Å². The molecule has 2 atom stereocenters. The Bertz CT molecular complexity index is 566. The Morgan fingerprint density at radius 2 is 2.17 bits per heavy atom. The van der Waals surface area contributed by atoms with Crippen LogP contribution in [-0.4, -0.2) is 14.3 Å². The second-order valence-corrected chi connectivity index (χ2v) is 6.09. The summed E-state index contributed by atoms with van der Waals surface area (Å²) in [6.45, 7) is 5.62. The van der Waals surface area contributed by atoms with Gasteiger partial charge in [0.2, 0.25) is 5.89 Å². The molecule has 96 valence electrons. The zero-order valence-electron chi connectivity index (χ0n) is 10.7. The molecule has 4 nitrogen and oxygen atoms in total. The lowest BCUT2D eigenvalue weighted by Crippen LogP contribution is -2.06. The van der Waals surface area contributed by atoms with E-state index in [-0.39, 0.29) is 5.25 Å². The van der Waals surface area contributed by atoms with Crippen LogP contribution in [0.4, 0.5) is 0 Å². The van der Waals surface area contributed by atoms with E-state index in [0.717, 1.165) is 5.56 Å². The number of hydrogen-bond donors (Lipinski definition) is 0. The molecule has 1 aromatic carbocycles. The second-order valence-electron chi connectivity index (χ2n) is 4.34. The molecule has 0 radical (unpaired) electrons. The van der Waals surface area contributed by atoms with Crippen LogP contribution in [0.2, 0.25) is 0 Å². The van der Waals surface area contributed by atoms with Crippen molar-refractivity contribution in [2.45, 2.75) is 31.8 Å². The Morgan fingerprint density at radius 3 is 2.78 bits per heavy atom. The molecule has 0 bridgehead atoms. The van der Waals surface area contributed by atoms with E-state index in [0.29, 0.717) is 17.5 Å². The summed E-state index contributed by atoms with van der Waals surface area (Å²) in [6.07, 6.45) is 0. The monoisotopic (exact) mass is 264 g/mol. The second kappa shape index (κ2) is 5.44. The van der Waals surface area contributed by atoms with E-state index in [1.165, 1.54) is 5.56 Å². The van der Waals surface area contributed by atoms with E-state index in [9.17, 15) is 4.21 Å². The van der Waals surface area contributed by atoms with Crippen LogP contribution < -0.4 is 0 Å². The maximum absolute atomic E-state index is 12.2. The van der Waals surface area contributed by atoms with Gasteiger partial charge in [-0.15, -0.1) is 0 Å². The van der Waals surface area contributed by atoms with Crippen LogP contribution in [0.25, 0.3) is 0 Å². The average Bonchev–Trinajstić information content (AvgIpc) is 2.75. The van der Waals surface area contributed by atoms with Crippen molar-refractivity contribution in [1.29, 1.82) is 0 Å². The van der Waals surface area contributed by atoms with E-state index in [2.05, 4.69) is 10.1 Å². The topological polar surface area (TPSA) is 56.0 Å². The van der Waals surface area contributed by atoms with Crippen LogP contribution in [0.3, 0.4) is 0 Å². The number of nitrogens with zero attached hydrogens (tertiary/aromatic N) is 2. The van der Waals surface area contributed by atoms with Crippen LogP contribution in [0.5, 0.6) is 0 Å². The van der Waals surface area contributed by atoms with E-state index < -0.39 is 10.8 Å². The number of aromatic nitrogens is 2. The summed E-state index contributed by atoms with van der Waals surface area (Å²) in [5.41, 5.74) is 2.24. The fraction of sp³-hybridized carbons (Fsp3) is 0.385. The molecule has 0 aliphatic heterocycles. The smallest absolute Gasteiger partial charge is 0.242 e. The molecule has 0 fully saturated rings. The molecule has 0 spiro atoms. The minimum Gasteiger partial charge on any atom is -0.338 e. The summed E-state index contributed by atoms with van der Waals surface area (Å²) in [6, 6.07) is 8.03. The number of benzene rings is 1. The summed E-state index contributed by atoms with van der Waals surface area (Å²) in [5, 5.41) is 3.48. The molecule has 0 amide bonds. The Hall–Kier alpha value is -1.49. The van der Waals surface area contributed by atoms with Gasteiger partial charge in [0.15, 0.2) is 5.82 Å². The zero-order chi connectivity index (χ0) is 13.1. The standard InChI is InChI=1S/C13H16N2O2S/c1-9-5-4-6-12(7-9)8-18(16)10(2)13-14-11(3)15-17-13/h4-7,10H,8H2,1-3H3. The fourth-order valence-electron chi connectivity index (χ4n) is 1.68. The molecule has 0 saturated heterocycles. The molecule has 0 N–H and O–H groups in total. The number of aryl methyl sites for hydroxylation is 2. The maximum Gasteiger partial charge on any atom is 0.242 e. The van der Waals surface area contributed by atoms with Gasteiger partial charge in [0, 0.05) is 16.6 Å². The lowest BCUT2D eigenvalue weighted by Gasteiger charge is -2.07. The molecule has 0 saturated carbocycles. The predicted molar refractivity (Wildman–Crippen MR) is 70.5 cm³/mol. The van der Waals surface area contributed by atoms with Crippen molar-refractivity contribution in [3.8, 4) is 0 Å². The van der Waals surface area contributed by atoms with Crippen molar-refractivity contribution in [3.63, 3.8) is 0 Å². The Balaban J connectivity index is 2.08. The molecular weight excluding hydrogens is 248 g/mol. The number of hydrogen-bond acceptors (Lipinski definition) is 4. The molecule has 0 aliphatic rings. The minimum atomic E-state index is -1.06. The first-order valence-electron chi connectivity index (χ1n) is 5.79. The van der Waals surface area contributed by atoms with Crippen molar-refractivity contribution in [2.75, 3.05) is 0 Å². The average molecular weight is 264 g/mol. The lowest BCUT2D eigenvalue weighted by molar-refractivity contribution is 0.375. The highest BCUT2D eigenvalue weighted by Gasteiger charge is 2.19. The molecule has 1 heterocycles. The van der Waals surface area contributed by atoms with Crippen LogP contribution in [0.1, 0.15) is 35.0 Å². The number of rotatable bonds is 4. The van der Waals surface area contributed by atoms with Crippen molar-refractivity contribution in [2.24, 2.45) is 0 Å². The van der Waals surface area contributed by atoms with E-state index in [1.807, 2.05) is 38.1 Å². The SMILES string of the molecule is Cc1cccc(CS(=O)C(C)c2nc(C)no2)c1. The minimum absolute atomic E-state index is 0.244. The largest absolute Gasteiger partial charge is 0.338 e. The summed E-state index contributed by atoms with van der Waals surface area (Å²) < 4.78 is 17.3. The Kier molecular flexibility index (Phi) is 3.91. The van der Waals surface area contributed by atoms with E-state index >= 15 is 0 Å². The molecule has 2 aromatic rings. The third kappa shape index (κ3) is 3.04. The molecule has 1 aromatic heterocycles. The van der Waals surface area contributed by atoms with Gasteiger partial charge in [0.1, 0.15) is 5.25 Å². The first-order chi connectivity index (χ1) is 8.56. The third-order valence-electron chi connectivity index (χ3n) is 2.68. The van der Waals surface area contributed by atoms with Gasteiger partial charge < -0.3 is 4.52 Å². The van der Waals surface area contributed by atoms with Gasteiger partial charge in [-0.1, -0.05) is 35.0 Å². The van der Waals surface area contributed by atoms with E-state index in [4.69, 9.17) is 4.52 Å². The van der Waals surface area contributed by atoms with Crippen LogP contribution >= 0.6 is 0 Å². The van der Waals surface area contributed by atoms with Gasteiger partial charge in [-0.05, 0) is 26.3 Å². The Morgan fingerprint density at radius 1 is 1.39 bits per heavy atom. The predicted octanol–water partition coefficient (Wildman–Crippen LogP) is 2.70. The first-order valence-corrected chi connectivity index (χ1v) is 7.17. The van der Waals surface area contributed by atoms with Gasteiger partial charge in [-0.2, -0.15) is 4.98 Å². The lowest BCUT2D eigenvalue weighted by atomic mass is 10.2. The van der Waals surface area contributed by atoms with Crippen LogP contribution in [0.15, 0.2) is 28.8 Å². The molecule has 18 heavy (non-hydrogen) atoms. The summed E-state index contributed by atoms with van der Waals surface area (Å²) in [7, 11) is -1.06. The van der Waals surface area contributed by atoms with Crippen molar-refractivity contribution in [3.05, 3.63) is 47.1 Å². The first kappa shape index (κ1) is 13.0. The molecular formula is C13H16N2O2S. The quantitative estimate of drug-likeness (QED) is 0.852. The Labute approximate surface area is 109 Å². The summed E-state index contributed by atoms with van der Waals surface area (Å²) in [4.78, 5) is 4.12. The van der Waals surface area contributed by atoms with E-state index in [1.54, 1.807) is 6.92 Å². The van der Waals surface area contributed by atoms with Crippen LogP contribution in [0, 0.1) is 13.8 Å². The normalized spacial score (nSPS) is 14.4.